The largest absolute Gasteiger partial charge is 0.494 e. The third-order valence-corrected chi connectivity index (χ3v) is 3.54. The molecule has 0 radical (unpaired) electrons. The molecule has 0 saturated heterocycles. The highest BCUT2D eigenvalue weighted by Crippen LogP contribution is 2.13. The Kier molecular flexibility index (Phi) is 6.55. The van der Waals surface area contributed by atoms with Crippen molar-refractivity contribution in [2.24, 2.45) is 11.0 Å². The molecule has 4 heteroatoms. The lowest BCUT2D eigenvalue weighted by molar-refractivity contribution is 0.0955. The van der Waals surface area contributed by atoms with Crippen LogP contribution in [-0.4, -0.2) is 18.7 Å². The number of amides is 1. The summed E-state index contributed by atoms with van der Waals surface area (Å²) in [5.41, 5.74) is 5.20. The zero-order valence-electron chi connectivity index (χ0n) is 14.5. The van der Waals surface area contributed by atoms with Crippen LogP contribution in [0.25, 0.3) is 0 Å². The van der Waals surface area contributed by atoms with Crippen LogP contribution in [0.3, 0.4) is 0 Å². The molecule has 0 aliphatic heterocycles. The van der Waals surface area contributed by atoms with Gasteiger partial charge in [0.2, 0.25) is 0 Å². The smallest absolute Gasteiger partial charge is 0.271 e. The molecular formula is C20H24N2O2. The molecule has 2 aromatic rings. The van der Waals surface area contributed by atoms with Gasteiger partial charge in [0.15, 0.2) is 0 Å². The van der Waals surface area contributed by atoms with Crippen LogP contribution < -0.4 is 10.2 Å². The molecule has 2 rings (SSSR count). The number of hydrazone groups is 1. The van der Waals surface area contributed by atoms with Gasteiger partial charge in [-0.3, -0.25) is 4.79 Å². The van der Waals surface area contributed by atoms with E-state index in [9.17, 15) is 4.79 Å². The molecule has 0 bridgehead atoms. The molecule has 0 fully saturated rings. The minimum atomic E-state index is -0.243. The normalized spacial score (nSPS) is 11.0. The Morgan fingerprint density at radius 2 is 1.79 bits per heavy atom. The van der Waals surface area contributed by atoms with Gasteiger partial charge in [-0.1, -0.05) is 43.7 Å². The summed E-state index contributed by atoms with van der Waals surface area (Å²) in [7, 11) is 0. The van der Waals surface area contributed by atoms with E-state index in [0.717, 1.165) is 17.7 Å². The Labute approximate surface area is 143 Å². The average molecular weight is 324 g/mol. The molecule has 24 heavy (non-hydrogen) atoms. The maximum atomic E-state index is 12.0. The third-order valence-electron chi connectivity index (χ3n) is 3.54. The van der Waals surface area contributed by atoms with Crippen LogP contribution in [0.5, 0.6) is 5.75 Å². The van der Waals surface area contributed by atoms with Crippen LogP contribution in [0.4, 0.5) is 0 Å². The fraction of sp³-hybridized carbons (Fsp3) is 0.300. The number of aryl methyl sites for hydroxylation is 1. The molecule has 0 heterocycles. The number of ether oxygens (including phenoxy) is 1. The van der Waals surface area contributed by atoms with Gasteiger partial charge >= 0.3 is 0 Å². The van der Waals surface area contributed by atoms with E-state index in [0.29, 0.717) is 18.1 Å². The second kappa shape index (κ2) is 8.87. The van der Waals surface area contributed by atoms with Crippen LogP contribution in [0.1, 0.15) is 41.8 Å². The van der Waals surface area contributed by atoms with Gasteiger partial charge in [0, 0.05) is 5.56 Å². The van der Waals surface area contributed by atoms with Crippen molar-refractivity contribution in [3.05, 3.63) is 65.2 Å². The summed E-state index contributed by atoms with van der Waals surface area (Å²) < 4.78 is 5.64. The molecule has 0 aliphatic rings. The van der Waals surface area contributed by atoms with Gasteiger partial charge in [0.1, 0.15) is 5.75 Å². The molecule has 2 aromatic carbocycles. The first-order valence-corrected chi connectivity index (χ1v) is 8.17. The van der Waals surface area contributed by atoms with Gasteiger partial charge in [-0.15, -0.1) is 0 Å². The van der Waals surface area contributed by atoms with Crippen LogP contribution in [-0.2, 0) is 0 Å². The van der Waals surface area contributed by atoms with E-state index < -0.39 is 0 Å². The van der Waals surface area contributed by atoms with Crippen LogP contribution in [0.2, 0.25) is 0 Å². The number of nitrogens with zero attached hydrogens (tertiary/aromatic N) is 1. The molecule has 0 aliphatic carbocycles. The van der Waals surface area contributed by atoms with E-state index in [1.165, 1.54) is 5.56 Å². The van der Waals surface area contributed by atoms with E-state index >= 15 is 0 Å². The summed E-state index contributed by atoms with van der Waals surface area (Å²) in [6.07, 6.45) is 2.64. The molecule has 126 valence electrons. The van der Waals surface area contributed by atoms with Crippen molar-refractivity contribution in [1.82, 2.24) is 5.43 Å². The number of nitrogens with one attached hydrogen (secondary N) is 1. The van der Waals surface area contributed by atoms with Gasteiger partial charge in [-0.25, -0.2) is 5.43 Å². The quantitative estimate of drug-likeness (QED) is 0.613. The van der Waals surface area contributed by atoms with Gasteiger partial charge in [-0.2, -0.15) is 5.10 Å². The van der Waals surface area contributed by atoms with Crippen molar-refractivity contribution in [2.75, 3.05) is 6.61 Å². The second-order valence-electron chi connectivity index (χ2n) is 6.17. The minimum absolute atomic E-state index is 0.243. The highest BCUT2D eigenvalue weighted by molar-refractivity contribution is 5.94. The lowest BCUT2D eigenvalue weighted by Gasteiger charge is -2.08. The zero-order chi connectivity index (χ0) is 17.4. The fourth-order valence-electron chi connectivity index (χ4n) is 2.00. The maximum absolute atomic E-state index is 12.0. The number of carbonyl (C=O) groups excluding carboxylic acids is 1. The molecule has 1 amide bonds. The van der Waals surface area contributed by atoms with Crippen molar-refractivity contribution < 1.29 is 9.53 Å². The summed E-state index contributed by atoms with van der Waals surface area (Å²) in [6.45, 7) is 7.03. The molecule has 0 aromatic heterocycles. The molecule has 0 saturated carbocycles. The van der Waals surface area contributed by atoms with Crippen molar-refractivity contribution in [3.63, 3.8) is 0 Å². The highest BCUT2D eigenvalue weighted by atomic mass is 16.5. The topological polar surface area (TPSA) is 50.7 Å². The monoisotopic (exact) mass is 324 g/mol. The van der Waals surface area contributed by atoms with Gasteiger partial charge in [0.05, 0.1) is 12.8 Å². The Balaban J connectivity index is 1.84. The molecular weight excluding hydrogens is 300 g/mol. The number of rotatable bonds is 7. The first-order chi connectivity index (χ1) is 11.5. The molecule has 0 spiro atoms. The number of benzene rings is 2. The molecule has 0 unspecified atom stereocenters. The van der Waals surface area contributed by atoms with Crippen LogP contribution in [0.15, 0.2) is 53.6 Å². The van der Waals surface area contributed by atoms with E-state index in [1.807, 2.05) is 31.2 Å². The van der Waals surface area contributed by atoms with Crippen molar-refractivity contribution in [2.45, 2.75) is 27.2 Å². The van der Waals surface area contributed by atoms with Crippen LogP contribution >= 0.6 is 0 Å². The Hall–Kier alpha value is -2.62. The minimum Gasteiger partial charge on any atom is -0.494 e. The summed E-state index contributed by atoms with van der Waals surface area (Å²) in [5, 5.41) is 3.98. The van der Waals surface area contributed by atoms with E-state index in [1.54, 1.807) is 30.5 Å². The first-order valence-electron chi connectivity index (χ1n) is 8.17. The van der Waals surface area contributed by atoms with E-state index in [2.05, 4.69) is 24.4 Å². The fourth-order valence-corrected chi connectivity index (χ4v) is 2.00. The van der Waals surface area contributed by atoms with E-state index in [4.69, 9.17) is 4.74 Å². The summed E-state index contributed by atoms with van der Waals surface area (Å²) >= 11 is 0. The molecule has 4 nitrogen and oxygen atoms in total. The zero-order valence-corrected chi connectivity index (χ0v) is 14.5. The third kappa shape index (κ3) is 5.88. The maximum Gasteiger partial charge on any atom is 0.271 e. The predicted octanol–water partition coefficient (Wildman–Crippen LogP) is 4.18. The Morgan fingerprint density at radius 1 is 1.12 bits per heavy atom. The number of hydrogen-bond acceptors (Lipinski definition) is 3. The SMILES string of the molecule is Cc1ccc(/C=N/NC(=O)c2ccc(OCCC(C)C)cc2)cc1. The Morgan fingerprint density at radius 3 is 2.42 bits per heavy atom. The summed E-state index contributed by atoms with van der Waals surface area (Å²) in [4.78, 5) is 12.0. The van der Waals surface area contributed by atoms with Gasteiger partial charge < -0.3 is 4.74 Å². The predicted molar refractivity (Wildman–Crippen MR) is 97.6 cm³/mol. The highest BCUT2D eigenvalue weighted by Gasteiger charge is 2.04. The first kappa shape index (κ1) is 17.7. The number of hydrogen-bond donors (Lipinski definition) is 1. The standard InChI is InChI=1S/C20H24N2O2/c1-15(2)12-13-24-19-10-8-18(9-11-19)20(23)22-21-14-17-6-4-16(3)5-7-17/h4-11,14-15H,12-13H2,1-3H3,(H,22,23)/b21-14+. The second-order valence-corrected chi connectivity index (χ2v) is 6.17. The lowest BCUT2D eigenvalue weighted by atomic mass is 10.1. The Bertz CT molecular complexity index is 674. The summed E-state index contributed by atoms with van der Waals surface area (Å²) in [5.74, 6) is 1.14. The van der Waals surface area contributed by atoms with Gasteiger partial charge in [-0.05, 0) is 49.1 Å². The van der Waals surface area contributed by atoms with E-state index in [-0.39, 0.29) is 5.91 Å². The molecule has 0 atom stereocenters. The van der Waals surface area contributed by atoms with Crippen molar-refractivity contribution in [1.29, 1.82) is 0 Å². The average Bonchev–Trinajstić information content (AvgIpc) is 2.57. The van der Waals surface area contributed by atoms with Crippen molar-refractivity contribution >= 4 is 12.1 Å². The molecule has 1 N–H and O–H groups in total. The number of carbonyl (C=O) groups is 1. The van der Waals surface area contributed by atoms with Crippen molar-refractivity contribution in [3.8, 4) is 5.75 Å². The lowest BCUT2D eigenvalue weighted by Crippen LogP contribution is -2.17. The van der Waals surface area contributed by atoms with Crippen LogP contribution in [0, 0.1) is 12.8 Å². The van der Waals surface area contributed by atoms with Gasteiger partial charge in [0.25, 0.3) is 5.91 Å². The summed E-state index contributed by atoms with van der Waals surface area (Å²) in [6, 6.07) is 15.0.